The molecule has 4 rings (SSSR count). The molecule has 0 aliphatic heterocycles. The van der Waals surface area contributed by atoms with Crippen LogP contribution in [-0.4, -0.2) is 27.9 Å². The van der Waals surface area contributed by atoms with E-state index in [4.69, 9.17) is 4.98 Å². The van der Waals surface area contributed by atoms with Crippen molar-refractivity contribution in [2.45, 2.75) is 65.3 Å². The predicted molar refractivity (Wildman–Crippen MR) is 132 cm³/mol. The van der Waals surface area contributed by atoms with Crippen molar-refractivity contribution in [2.75, 3.05) is 11.9 Å². The van der Waals surface area contributed by atoms with Crippen molar-refractivity contribution in [2.24, 2.45) is 5.92 Å². The number of aryl methyl sites for hydroxylation is 3. The topological polar surface area (TPSA) is 76.0 Å². The van der Waals surface area contributed by atoms with Crippen LogP contribution in [0.4, 0.5) is 5.69 Å². The molecule has 1 aromatic heterocycles. The molecule has 3 aromatic rings. The first-order valence-corrected chi connectivity index (χ1v) is 12.1. The molecule has 0 atom stereocenters. The molecule has 0 unspecified atom stereocenters. The monoisotopic (exact) mass is 446 g/mol. The van der Waals surface area contributed by atoms with E-state index in [1.165, 1.54) is 12.0 Å². The lowest BCUT2D eigenvalue weighted by Gasteiger charge is -2.20. The fourth-order valence-electron chi connectivity index (χ4n) is 4.62. The number of nitrogens with one attached hydrogen (secondary N) is 2. The number of amides is 2. The van der Waals surface area contributed by atoms with Gasteiger partial charge in [-0.25, -0.2) is 4.98 Å². The minimum absolute atomic E-state index is 0.0757. The summed E-state index contributed by atoms with van der Waals surface area (Å²) >= 11 is 0. The SMILES string of the molecule is Cc1ccc(NC(=O)Cn2c(CCCNC(=O)C3CCCCC3)nc3ccccc32)cc1C. The molecule has 1 fully saturated rings. The Morgan fingerprint density at radius 3 is 2.61 bits per heavy atom. The van der Waals surface area contributed by atoms with E-state index in [0.29, 0.717) is 13.0 Å². The Morgan fingerprint density at radius 1 is 1.03 bits per heavy atom. The minimum Gasteiger partial charge on any atom is -0.356 e. The molecule has 2 N–H and O–H groups in total. The highest BCUT2D eigenvalue weighted by Crippen LogP contribution is 2.23. The number of rotatable bonds is 8. The van der Waals surface area contributed by atoms with Gasteiger partial charge in [0.1, 0.15) is 12.4 Å². The molecule has 0 spiro atoms. The van der Waals surface area contributed by atoms with Crippen LogP contribution in [0.15, 0.2) is 42.5 Å². The van der Waals surface area contributed by atoms with Crippen molar-refractivity contribution in [3.05, 3.63) is 59.4 Å². The number of imidazole rings is 1. The number of carbonyl (C=O) groups is 2. The molecule has 6 heteroatoms. The lowest BCUT2D eigenvalue weighted by Crippen LogP contribution is -2.32. The summed E-state index contributed by atoms with van der Waals surface area (Å²) in [7, 11) is 0. The normalized spacial score (nSPS) is 14.4. The minimum atomic E-state index is -0.0757. The van der Waals surface area contributed by atoms with Crippen LogP contribution in [0.5, 0.6) is 0 Å². The van der Waals surface area contributed by atoms with Crippen molar-refractivity contribution in [3.8, 4) is 0 Å². The van der Waals surface area contributed by atoms with E-state index in [1.807, 2.05) is 54.0 Å². The third-order valence-electron chi connectivity index (χ3n) is 6.68. The van der Waals surface area contributed by atoms with Gasteiger partial charge in [0.15, 0.2) is 0 Å². The number of fused-ring (bicyclic) bond motifs is 1. The van der Waals surface area contributed by atoms with Crippen LogP contribution in [0.2, 0.25) is 0 Å². The second-order valence-electron chi connectivity index (χ2n) is 9.18. The highest BCUT2D eigenvalue weighted by atomic mass is 16.2. The molecule has 1 heterocycles. The molecule has 0 saturated heterocycles. The van der Waals surface area contributed by atoms with E-state index in [2.05, 4.69) is 17.6 Å². The highest BCUT2D eigenvalue weighted by Gasteiger charge is 2.20. The predicted octanol–water partition coefficient (Wildman–Crippen LogP) is 4.92. The maximum Gasteiger partial charge on any atom is 0.244 e. The van der Waals surface area contributed by atoms with Gasteiger partial charge in [-0.15, -0.1) is 0 Å². The third kappa shape index (κ3) is 5.81. The molecule has 0 radical (unpaired) electrons. The average Bonchev–Trinajstić information content (AvgIpc) is 3.16. The molecule has 33 heavy (non-hydrogen) atoms. The summed E-state index contributed by atoms with van der Waals surface area (Å²) in [5, 5.41) is 6.12. The zero-order valence-corrected chi connectivity index (χ0v) is 19.7. The summed E-state index contributed by atoms with van der Waals surface area (Å²) in [4.78, 5) is 30.0. The van der Waals surface area contributed by atoms with Crippen molar-refractivity contribution in [3.63, 3.8) is 0 Å². The van der Waals surface area contributed by atoms with Gasteiger partial charge in [0, 0.05) is 24.6 Å². The van der Waals surface area contributed by atoms with E-state index in [-0.39, 0.29) is 24.3 Å². The van der Waals surface area contributed by atoms with Gasteiger partial charge in [0.2, 0.25) is 11.8 Å². The first kappa shape index (κ1) is 23.0. The summed E-state index contributed by atoms with van der Waals surface area (Å²) in [5.41, 5.74) is 4.99. The van der Waals surface area contributed by atoms with Gasteiger partial charge in [0.05, 0.1) is 11.0 Å². The standard InChI is InChI=1S/C27H34N4O2/c1-19-14-15-22(17-20(19)2)29-26(32)18-31-24-12-7-6-11-23(24)30-25(31)13-8-16-28-27(33)21-9-4-3-5-10-21/h6-7,11-12,14-15,17,21H,3-5,8-10,13,16,18H2,1-2H3,(H,28,33)(H,29,32). The Bertz CT molecular complexity index is 1130. The second kappa shape index (κ2) is 10.6. The van der Waals surface area contributed by atoms with E-state index >= 15 is 0 Å². The second-order valence-corrected chi connectivity index (χ2v) is 9.18. The van der Waals surface area contributed by atoms with Gasteiger partial charge in [-0.1, -0.05) is 37.5 Å². The summed E-state index contributed by atoms with van der Waals surface area (Å²) in [6, 6.07) is 13.8. The number of aromatic nitrogens is 2. The number of hydrogen-bond acceptors (Lipinski definition) is 3. The summed E-state index contributed by atoms with van der Waals surface area (Å²) in [6.07, 6.45) is 7.08. The van der Waals surface area contributed by atoms with Crippen molar-refractivity contribution in [1.29, 1.82) is 0 Å². The van der Waals surface area contributed by atoms with Crippen LogP contribution in [0.3, 0.4) is 0 Å². The van der Waals surface area contributed by atoms with E-state index < -0.39 is 0 Å². The molecule has 6 nitrogen and oxygen atoms in total. The number of carbonyl (C=O) groups excluding carboxylic acids is 2. The first-order chi connectivity index (χ1) is 16.0. The molecule has 1 aliphatic rings. The van der Waals surface area contributed by atoms with Gasteiger partial charge in [-0.2, -0.15) is 0 Å². The Morgan fingerprint density at radius 2 is 1.82 bits per heavy atom. The lowest BCUT2D eigenvalue weighted by molar-refractivity contribution is -0.125. The van der Waals surface area contributed by atoms with Crippen molar-refractivity contribution in [1.82, 2.24) is 14.9 Å². The fourth-order valence-corrected chi connectivity index (χ4v) is 4.62. The summed E-state index contributed by atoms with van der Waals surface area (Å²) in [5.74, 6) is 1.17. The van der Waals surface area contributed by atoms with Gasteiger partial charge in [0.25, 0.3) is 0 Å². The molecular formula is C27H34N4O2. The maximum atomic E-state index is 12.8. The Kier molecular flexibility index (Phi) is 7.43. The highest BCUT2D eigenvalue weighted by molar-refractivity contribution is 5.92. The fraction of sp³-hybridized carbons (Fsp3) is 0.444. The van der Waals surface area contributed by atoms with Crippen LogP contribution >= 0.6 is 0 Å². The number of benzene rings is 2. The van der Waals surface area contributed by atoms with E-state index in [9.17, 15) is 9.59 Å². The molecule has 1 aliphatic carbocycles. The van der Waals surface area contributed by atoms with Gasteiger partial charge in [-0.3, -0.25) is 9.59 Å². The lowest BCUT2D eigenvalue weighted by atomic mass is 9.89. The van der Waals surface area contributed by atoms with Crippen molar-refractivity contribution < 1.29 is 9.59 Å². The Balaban J connectivity index is 1.39. The zero-order valence-electron chi connectivity index (χ0n) is 19.7. The smallest absolute Gasteiger partial charge is 0.244 e. The number of para-hydroxylation sites is 2. The van der Waals surface area contributed by atoms with E-state index in [0.717, 1.165) is 60.2 Å². The van der Waals surface area contributed by atoms with E-state index in [1.54, 1.807) is 0 Å². The van der Waals surface area contributed by atoms with Crippen LogP contribution in [0.25, 0.3) is 11.0 Å². The molecular weight excluding hydrogens is 412 g/mol. The molecule has 0 bridgehead atoms. The van der Waals surface area contributed by atoms with Crippen LogP contribution in [-0.2, 0) is 22.6 Å². The molecule has 2 amide bonds. The summed E-state index contributed by atoms with van der Waals surface area (Å²) in [6.45, 7) is 4.94. The van der Waals surface area contributed by atoms with Gasteiger partial charge < -0.3 is 15.2 Å². The zero-order chi connectivity index (χ0) is 23.2. The van der Waals surface area contributed by atoms with Gasteiger partial charge in [-0.05, 0) is 68.5 Å². The third-order valence-corrected chi connectivity index (χ3v) is 6.68. The average molecular weight is 447 g/mol. The maximum absolute atomic E-state index is 12.8. The van der Waals surface area contributed by atoms with Crippen LogP contribution in [0.1, 0.15) is 55.5 Å². The number of nitrogens with zero attached hydrogens (tertiary/aromatic N) is 2. The van der Waals surface area contributed by atoms with Crippen LogP contribution < -0.4 is 10.6 Å². The van der Waals surface area contributed by atoms with Crippen LogP contribution in [0, 0.1) is 19.8 Å². The largest absolute Gasteiger partial charge is 0.356 e. The molecule has 174 valence electrons. The number of anilines is 1. The van der Waals surface area contributed by atoms with Gasteiger partial charge >= 0.3 is 0 Å². The quantitative estimate of drug-likeness (QED) is 0.482. The molecule has 2 aromatic carbocycles. The van der Waals surface area contributed by atoms with Crippen molar-refractivity contribution >= 4 is 28.5 Å². The Labute approximate surface area is 195 Å². The summed E-state index contributed by atoms with van der Waals surface area (Å²) < 4.78 is 1.99. The Hall–Kier alpha value is -3.15. The first-order valence-electron chi connectivity index (χ1n) is 12.1. The number of hydrogen-bond donors (Lipinski definition) is 2. The molecule has 1 saturated carbocycles.